The van der Waals surface area contributed by atoms with Crippen molar-refractivity contribution in [3.63, 3.8) is 0 Å². The lowest BCUT2D eigenvalue weighted by molar-refractivity contribution is 0.432. The van der Waals surface area contributed by atoms with Gasteiger partial charge in [-0.25, -0.2) is 0 Å². The Balaban J connectivity index is 2.03. The predicted molar refractivity (Wildman–Crippen MR) is 86.8 cm³/mol. The molecule has 0 saturated carbocycles. The number of nitrogens with zero attached hydrogens (tertiary/aromatic N) is 2. The van der Waals surface area contributed by atoms with E-state index in [-0.39, 0.29) is 0 Å². The van der Waals surface area contributed by atoms with Gasteiger partial charge in [0.15, 0.2) is 0 Å². The third-order valence-electron chi connectivity index (χ3n) is 3.34. The summed E-state index contributed by atoms with van der Waals surface area (Å²) in [6, 6.07) is 11.6. The molecule has 0 aliphatic carbocycles. The van der Waals surface area contributed by atoms with Crippen LogP contribution < -0.4 is 5.73 Å². The average Bonchev–Trinajstić information content (AvgIpc) is 2.87. The van der Waals surface area contributed by atoms with Crippen LogP contribution in [0.25, 0.3) is 22.8 Å². The molecule has 0 aliphatic rings. The number of nitrogen functional groups attached to an aromatic ring is 1. The zero-order valence-corrected chi connectivity index (χ0v) is 13.3. The van der Waals surface area contributed by atoms with Crippen LogP contribution in [0, 0.1) is 13.8 Å². The number of rotatable bonds is 2. The van der Waals surface area contributed by atoms with Crippen LogP contribution >= 0.6 is 15.9 Å². The van der Waals surface area contributed by atoms with Gasteiger partial charge in [-0.3, -0.25) is 0 Å². The zero-order valence-electron chi connectivity index (χ0n) is 11.7. The third kappa shape index (κ3) is 2.69. The van der Waals surface area contributed by atoms with E-state index in [1.807, 2.05) is 50.2 Å². The largest absolute Gasteiger partial charge is 0.399 e. The van der Waals surface area contributed by atoms with Gasteiger partial charge in [0.2, 0.25) is 5.82 Å². The van der Waals surface area contributed by atoms with Crippen molar-refractivity contribution in [2.24, 2.45) is 0 Å². The van der Waals surface area contributed by atoms with Gasteiger partial charge < -0.3 is 10.3 Å². The normalized spacial score (nSPS) is 10.8. The first-order valence-corrected chi connectivity index (χ1v) is 7.30. The van der Waals surface area contributed by atoms with Gasteiger partial charge in [0.25, 0.3) is 5.89 Å². The van der Waals surface area contributed by atoms with Crippen LogP contribution in [0.3, 0.4) is 0 Å². The highest BCUT2D eigenvalue weighted by atomic mass is 79.9. The molecule has 2 aromatic carbocycles. The van der Waals surface area contributed by atoms with E-state index in [0.717, 1.165) is 32.4 Å². The smallest absolute Gasteiger partial charge is 0.258 e. The van der Waals surface area contributed by atoms with E-state index in [9.17, 15) is 0 Å². The fraction of sp³-hybridized carbons (Fsp3) is 0.125. The average molecular weight is 344 g/mol. The molecule has 0 fully saturated rings. The van der Waals surface area contributed by atoms with Crippen molar-refractivity contribution in [3.05, 3.63) is 52.0 Å². The van der Waals surface area contributed by atoms with Gasteiger partial charge in [-0.1, -0.05) is 21.1 Å². The molecule has 0 unspecified atom stereocenters. The van der Waals surface area contributed by atoms with Crippen LogP contribution in [0.2, 0.25) is 0 Å². The second-order valence-electron chi connectivity index (χ2n) is 4.96. The topological polar surface area (TPSA) is 64.9 Å². The SMILES string of the molecule is Cc1cc(Br)ccc1-c1noc(-c2ccc(N)cc2C)n1. The minimum absolute atomic E-state index is 0.504. The molecule has 3 aromatic rings. The minimum atomic E-state index is 0.504. The maximum Gasteiger partial charge on any atom is 0.258 e. The van der Waals surface area contributed by atoms with E-state index in [0.29, 0.717) is 11.7 Å². The number of anilines is 1. The minimum Gasteiger partial charge on any atom is -0.399 e. The molecule has 5 heteroatoms. The molecule has 0 bridgehead atoms. The summed E-state index contributed by atoms with van der Waals surface area (Å²) in [5, 5.41) is 4.08. The lowest BCUT2D eigenvalue weighted by Gasteiger charge is -2.02. The van der Waals surface area contributed by atoms with E-state index >= 15 is 0 Å². The number of halogens is 1. The first kappa shape index (κ1) is 13.8. The Morgan fingerprint density at radius 3 is 2.43 bits per heavy atom. The van der Waals surface area contributed by atoms with Crippen molar-refractivity contribution < 1.29 is 4.52 Å². The summed E-state index contributed by atoms with van der Waals surface area (Å²) in [6.45, 7) is 3.99. The summed E-state index contributed by atoms with van der Waals surface area (Å²) in [4.78, 5) is 4.50. The van der Waals surface area contributed by atoms with Gasteiger partial charge in [-0.05, 0) is 61.4 Å². The van der Waals surface area contributed by atoms with Gasteiger partial charge in [0.05, 0.1) is 0 Å². The molecule has 0 saturated heterocycles. The second kappa shape index (κ2) is 5.33. The molecule has 0 spiro atoms. The Hall–Kier alpha value is -2.14. The van der Waals surface area contributed by atoms with Crippen molar-refractivity contribution in [1.82, 2.24) is 10.1 Å². The van der Waals surface area contributed by atoms with Crippen LogP contribution in [0.5, 0.6) is 0 Å². The highest BCUT2D eigenvalue weighted by molar-refractivity contribution is 9.10. The van der Waals surface area contributed by atoms with Crippen LogP contribution in [-0.2, 0) is 0 Å². The van der Waals surface area contributed by atoms with Crippen LogP contribution in [0.15, 0.2) is 45.4 Å². The van der Waals surface area contributed by atoms with Crippen molar-refractivity contribution in [2.45, 2.75) is 13.8 Å². The fourth-order valence-corrected chi connectivity index (χ4v) is 2.72. The Labute approximate surface area is 131 Å². The molecule has 2 N–H and O–H groups in total. The molecule has 21 heavy (non-hydrogen) atoms. The molecule has 106 valence electrons. The van der Waals surface area contributed by atoms with Gasteiger partial charge in [0, 0.05) is 21.3 Å². The van der Waals surface area contributed by atoms with Crippen molar-refractivity contribution in [3.8, 4) is 22.8 Å². The summed E-state index contributed by atoms with van der Waals surface area (Å²) in [5.41, 5.74) is 10.4. The molecule has 4 nitrogen and oxygen atoms in total. The Morgan fingerprint density at radius 2 is 1.71 bits per heavy atom. The number of benzene rings is 2. The van der Waals surface area contributed by atoms with Crippen LogP contribution in [-0.4, -0.2) is 10.1 Å². The van der Waals surface area contributed by atoms with Gasteiger partial charge in [-0.15, -0.1) is 0 Å². The maximum absolute atomic E-state index is 5.76. The number of aryl methyl sites for hydroxylation is 2. The van der Waals surface area contributed by atoms with E-state index in [2.05, 4.69) is 26.1 Å². The molecule has 1 aromatic heterocycles. The highest BCUT2D eigenvalue weighted by Gasteiger charge is 2.14. The number of aromatic nitrogens is 2. The molecule has 0 aliphatic heterocycles. The van der Waals surface area contributed by atoms with Gasteiger partial charge >= 0.3 is 0 Å². The summed E-state index contributed by atoms with van der Waals surface area (Å²) in [7, 11) is 0. The van der Waals surface area contributed by atoms with Crippen molar-refractivity contribution in [2.75, 3.05) is 5.73 Å². The van der Waals surface area contributed by atoms with E-state index < -0.39 is 0 Å². The van der Waals surface area contributed by atoms with E-state index in [1.165, 1.54) is 0 Å². The molecule has 3 rings (SSSR count). The van der Waals surface area contributed by atoms with Crippen LogP contribution in [0.1, 0.15) is 11.1 Å². The summed E-state index contributed by atoms with van der Waals surface area (Å²) in [5.74, 6) is 1.09. The molecule has 0 amide bonds. The third-order valence-corrected chi connectivity index (χ3v) is 3.83. The molecular formula is C16H14BrN3O. The molecule has 0 radical (unpaired) electrons. The Morgan fingerprint density at radius 1 is 1.00 bits per heavy atom. The Kier molecular flexibility index (Phi) is 3.51. The quantitative estimate of drug-likeness (QED) is 0.702. The predicted octanol–water partition coefficient (Wildman–Crippen LogP) is 4.37. The van der Waals surface area contributed by atoms with Gasteiger partial charge in [-0.2, -0.15) is 4.98 Å². The van der Waals surface area contributed by atoms with Crippen molar-refractivity contribution in [1.29, 1.82) is 0 Å². The number of hydrogen-bond acceptors (Lipinski definition) is 4. The molecular weight excluding hydrogens is 330 g/mol. The molecule has 1 heterocycles. The van der Waals surface area contributed by atoms with E-state index in [1.54, 1.807) is 0 Å². The number of hydrogen-bond donors (Lipinski definition) is 1. The highest BCUT2D eigenvalue weighted by Crippen LogP contribution is 2.28. The zero-order chi connectivity index (χ0) is 15.0. The summed E-state index contributed by atoms with van der Waals surface area (Å²) < 4.78 is 6.43. The monoisotopic (exact) mass is 343 g/mol. The Bertz CT molecular complexity index is 745. The van der Waals surface area contributed by atoms with Crippen molar-refractivity contribution >= 4 is 21.6 Å². The second-order valence-corrected chi connectivity index (χ2v) is 5.87. The fourth-order valence-electron chi connectivity index (χ4n) is 2.25. The number of nitrogens with two attached hydrogens (primary N) is 1. The van der Waals surface area contributed by atoms with Crippen LogP contribution in [0.4, 0.5) is 5.69 Å². The maximum atomic E-state index is 5.76. The summed E-state index contributed by atoms with van der Waals surface area (Å²) >= 11 is 3.45. The van der Waals surface area contributed by atoms with E-state index in [4.69, 9.17) is 10.3 Å². The lowest BCUT2D eigenvalue weighted by atomic mass is 10.1. The summed E-state index contributed by atoms with van der Waals surface area (Å²) in [6.07, 6.45) is 0. The van der Waals surface area contributed by atoms with Gasteiger partial charge in [0.1, 0.15) is 0 Å². The lowest BCUT2D eigenvalue weighted by Crippen LogP contribution is -1.89. The molecule has 0 atom stereocenters. The first-order valence-electron chi connectivity index (χ1n) is 6.51. The first-order chi connectivity index (χ1) is 10.0. The standard InChI is InChI=1S/C16H14BrN3O/c1-9-7-11(17)3-5-13(9)15-19-16(21-20-15)14-6-4-12(18)8-10(14)2/h3-8H,18H2,1-2H3.